The van der Waals surface area contributed by atoms with E-state index in [0.29, 0.717) is 28.5 Å². The van der Waals surface area contributed by atoms with E-state index >= 15 is 0 Å². The molecule has 0 radical (unpaired) electrons. The number of carbonyl (C=O) groups is 1. The topological polar surface area (TPSA) is 110 Å². The lowest BCUT2D eigenvalue weighted by Crippen LogP contribution is -2.22. The standard InChI is InChI=1S/C22H20ClF2N7O2/c1-22(2)8-11(12-9-26-16-7-14(23)31-32(16)18(12)22)20(33)28-15-6-10(19(24)25)17(21(29-15)34-3)13-4-5-27-30-13/h4-7,9,11,19H,8H2,1-3H3,(H,27,30)(H,28,29,33). The highest BCUT2D eigenvalue weighted by atomic mass is 35.5. The molecule has 4 aromatic rings. The number of nitrogens with one attached hydrogen (secondary N) is 2. The van der Waals surface area contributed by atoms with Crippen molar-refractivity contribution in [3.8, 4) is 17.1 Å². The number of pyridine rings is 1. The number of aromatic nitrogens is 6. The fourth-order valence-corrected chi connectivity index (χ4v) is 4.78. The summed E-state index contributed by atoms with van der Waals surface area (Å²) in [6.45, 7) is 4.01. The number of H-pyrrole nitrogens is 1. The summed E-state index contributed by atoms with van der Waals surface area (Å²) in [6.07, 6.45) is 0.717. The molecule has 2 N–H and O–H groups in total. The lowest BCUT2D eigenvalue weighted by molar-refractivity contribution is -0.117. The van der Waals surface area contributed by atoms with Crippen LogP contribution in [0.3, 0.4) is 0 Å². The Labute approximate surface area is 197 Å². The summed E-state index contributed by atoms with van der Waals surface area (Å²) < 4.78 is 34.8. The Hall–Kier alpha value is -3.60. The number of aromatic amines is 1. The van der Waals surface area contributed by atoms with Crippen LogP contribution in [0.5, 0.6) is 5.88 Å². The molecule has 1 amide bonds. The molecule has 0 saturated heterocycles. The van der Waals surface area contributed by atoms with Crippen molar-refractivity contribution in [3.63, 3.8) is 0 Å². The van der Waals surface area contributed by atoms with Crippen LogP contribution < -0.4 is 10.1 Å². The number of hydrogen-bond donors (Lipinski definition) is 2. The first kappa shape index (κ1) is 22.2. The summed E-state index contributed by atoms with van der Waals surface area (Å²) in [7, 11) is 1.32. The molecule has 9 nitrogen and oxygen atoms in total. The van der Waals surface area contributed by atoms with Gasteiger partial charge < -0.3 is 10.1 Å². The van der Waals surface area contributed by atoms with Gasteiger partial charge in [0.15, 0.2) is 10.8 Å². The normalized spacial score (nSPS) is 16.7. The molecular formula is C22H20ClF2N7O2. The predicted octanol–water partition coefficient (Wildman–Crippen LogP) is 4.52. The van der Waals surface area contributed by atoms with Crippen LogP contribution in [-0.4, -0.2) is 42.8 Å². The van der Waals surface area contributed by atoms with Crippen LogP contribution in [0.1, 0.15) is 49.4 Å². The third-order valence-electron chi connectivity index (χ3n) is 6.00. The van der Waals surface area contributed by atoms with Crippen molar-refractivity contribution in [2.24, 2.45) is 0 Å². The smallest absolute Gasteiger partial charge is 0.264 e. The quantitative estimate of drug-likeness (QED) is 0.428. The van der Waals surface area contributed by atoms with Crippen molar-refractivity contribution in [1.29, 1.82) is 0 Å². The molecule has 1 atom stereocenters. The van der Waals surface area contributed by atoms with Crippen LogP contribution in [0.15, 0.2) is 30.6 Å². The van der Waals surface area contributed by atoms with Crippen molar-refractivity contribution < 1.29 is 18.3 Å². The Balaban J connectivity index is 1.52. The van der Waals surface area contributed by atoms with Gasteiger partial charge in [-0.15, -0.1) is 0 Å². The Morgan fingerprint density at radius 3 is 2.85 bits per heavy atom. The van der Waals surface area contributed by atoms with Gasteiger partial charge in [-0.1, -0.05) is 25.4 Å². The number of fused-ring (bicyclic) bond motifs is 3. The zero-order chi connectivity index (χ0) is 24.2. The van der Waals surface area contributed by atoms with Crippen molar-refractivity contribution >= 4 is 29.0 Å². The van der Waals surface area contributed by atoms with Crippen LogP contribution in [0.2, 0.25) is 5.15 Å². The number of hydrogen-bond acceptors (Lipinski definition) is 6. The minimum atomic E-state index is -2.83. The maximum atomic E-state index is 13.9. The summed E-state index contributed by atoms with van der Waals surface area (Å²) in [5.41, 5.74) is 1.79. The first-order valence-corrected chi connectivity index (χ1v) is 10.8. The molecule has 5 rings (SSSR count). The maximum absolute atomic E-state index is 13.9. The molecule has 0 bridgehead atoms. The summed E-state index contributed by atoms with van der Waals surface area (Å²) >= 11 is 6.06. The van der Waals surface area contributed by atoms with Crippen molar-refractivity contribution in [3.05, 3.63) is 52.6 Å². The third-order valence-corrected chi connectivity index (χ3v) is 6.18. The number of alkyl halides is 2. The minimum absolute atomic E-state index is 0.0390. The molecule has 1 aliphatic rings. The molecule has 0 spiro atoms. The van der Waals surface area contributed by atoms with E-state index < -0.39 is 23.7 Å². The molecule has 12 heteroatoms. The van der Waals surface area contributed by atoms with E-state index in [1.54, 1.807) is 16.8 Å². The van der Waals surface area contributed by atoms with E-state index in [1.165, 1.54) is 19.4 Å². The Morgan fingerprint density at radius 1 is 1.38 bits per heavy atom. The molecule has 176 valence electrons. The van der Waals surface area contributed by atoms with Gasteiger partial charge >= 0.3 is 0 Å². The number of rotatable bonds is 5. The molecule has 1 aliphatic carbocycles. The minimum Gasteiger partial charge on any atom is -0.480 e. The predicted molar refractivity (Wildman–Crippen MR) is 120 cm³/mol. The van der Waals surface area contributed by atoms with E-state index in [9.17, 15) is 13.6 Å². The SMILES string of the molecule is COc1nc(NC(=O)C2CC(C)(C)c3c2cnc2cc(Cl)nn32)cc(C(F)F)c1-c1ccn[nH]1. The zero-order valence-electron chi connectivity index (χ0n) is 18.4. The number of carbonyl (C=O) groups excluding carboxylic acids is 1. The van der Waals surface area contributed by atoms with Gasteiger partial charge in [0.25, 0.3) is 6.43 Å². The van der Waals surface area contributed by atoms with E-state index in [1.807, 2.05) is 13.8 Å². The van der Waals surface area contributed by atoms with E-state index in [0.717, 1.165) is 11.8 Å². The fraction of sp³-hybridized carbons (Fsp3) is 0.318. The average molecular weight is 488 g/mol. The van der Waals surface area contributed by atoms with E-state index in [4.69, 9.17) is 16.3 Å². The summed E-state index contributed by atoms with van der Waals surface area (Å²) in [4.78, 5) is 22.0. The summed E-state index contributed by atoms with van der Waals surface area (Å²) in [6, 6.07) is 4.34. The molecular weight excluding hydrogens is 468 g/mol. The van der Waals surface area contributed by atoms with Crippen molar-refractivity contribution in [2.75, 3.05) is 12.4 Å². The number of amides is 1. The van der Waals surface area contributed by atoms with Gasteiger partial charge in [-0.25, -0.2) is 18.3 Å². The highest BCUT2D eigenvalue weighted by molar-refractivity contribution is 6.29. The molecule has 34 heavy (non-hydrogen) atoms. The van der Waals surface area contributed by atoms with Gasteiger partial charge in [0.2, 0.25) is 11.8 Å². The lowest BCUT2D eigenvalue weighted by atomic mass is 9.88. The monoisotopic (exact) mass is 487 g/mol. The number of ether oxygens (including phenoxy) is 1. The molecule has 0 saturated carbocycles. The van der Waals surface area contributed by atoms with Gasteiger partial charge in [-0.2, -0.15) is 15.2 Å². The Bertz CT molecular complexity index is 1400. The molecule has 0 fully saturated rings. The van der Waals surface area contributed by atoms with E-state index in [-0.39, 0.29) is 22.8 Å². The first-order valence-electron chi connectivity index (χ1n) is 10.4. The Morgan fingerprint density at radius 2 is 2.18 bits per heavy atom. The second kappa shape index (κ2) is 8.01. The summed E-state index contributed by atoms with van der Waals surface area (Å²) in [5, 5.41) is 13.8. The highest BCUT2D eigenvalue weighted by Gasteiger charge is 2.43. The molecule has 1 unspecified atom stereocenters. The fourth-order valence-electron chi connectivity index (χ4n) is 4.61. The first-order chi connectivity index (χ1) is 16.2. The number of nitrogens with zero attached hydrogens (tertiary/aromatic N) is 5. The number of methoxy groups -OCH3 is 1. The molecule has 4 heterocycles. The van der Waals surface area contributed by atoms with Crippen LogP contribution in [-0.2, 0) is 10.2 Å². The second-order valence-corrected chi connectivity index (χ2v) is 9.07. The van der Waals surface area contributed by atoms with Gasteiger partial charge in [-0.05, 0) is 18.6 Å². The van der Waals surface area contributed by atoms with Crippen LogP contribution >= 0.6 is 11.6 Å². The van der Waals surface area contributed by atoms with Crippen LogP contribution in [0.4, 0.5) is 14.6 Å². The largest absolute Gasteiger partial charge is 0.480 e. The summed E-state index contributed by atoms with van der Waals surface area (Å²) in [5.74, 6) is -1.07. The molecule has 0 aliphatic heterocycles. The van der Waals surface area contributed by atoms with Gasteiger partial charge in [0.05, 0.1) is 30.0 Å². The number of halogens is 3. The van der Waals surface area contributed by atoms with Crippen molar-refractivity contribution in [2.45, 2.75) is 38.0 Å². The number of anilines is 1. The zero-order valence-corrected chi connectivity index (χ0v) is 19.2. The second-order valence-electron chi connectivity index (χ2n) is 8.68. The van der Waals surface area contributed by atoms with Crippen LogP contribution in [0.25, 0.3) is 16.9 Å². The van der Waals surface area contributed by atoms with Crippen LogP contribution in [0, 0.1) is 0 Å². The van der Waals surface area contributed by atoms with Crippen molar-refractivity contribution in [1.82, 2.24) is 29.8 Å². The molecule has 4 aromatic heterocycles. The van der Waals surface area contributed by atoms with Gasteiger partial charge in [0.1, 0.15) is 5.82 Å². The van der Waals surface area contributed by atoms with Gasteiger partial charge in [0, 0.05) is 35.0 Å². The van der Waals surface area contributed by atoms with Gasteiger partial charge in [-0.3, -0.25) is 9.89 Å². The third kappa shape index (κ3) is 3.56. The average Bonchev–Trinajstić information content (AvgIpc) is 3.50. The highest BCUT2D eigenvalue weighted by Crippen LogP contribution is 2.46. The Kier molecular flexibility index (Phi) is 5.23. The van der Waals surface area contributed by atoms with E-state index in [2.05, 4.69) is 30.6 Å². The lowest BCUT2D eigenvalue weighted by Gasteiger charge is -2.19. The molecule has 0 aromatic carbocycles. The maximum Gasteiger partial charge on any atom is 0.264 e.